The van der Waals surface area contributed by atoms with Crippen molar-refractivity contribution in [3.05, 3.63) is 53.9 Å². The van der Waals surface area contributed by atoms with Gasteiger partial charge in [0.1, 0.15) is 17.7 Å². The lowest BCUT2D eigenvalue weighted by atomic mass is 10.1. The van der Waals surface area contributed by atoms with E-state index in [1.54, 1.807) is 7.11 Å². The van der Waals surface area contributed by atoms with E-state index >= 15 is 0 Å². The van der Waals surface area contributed by atoms with Crippen molar-refractivity contribution >= 4 is 22.6 Å². The number of hydrogen-bond donors (Lipinski definition) is 2. The second-order valence-electron chi connectivity index (χ2n) is 6.43. The van der Waals surface area contributed by atoms with Crippen molar-refractivity contribution in [3.8, 4) is 5.75 Å². The molecule has 134 valence electrons. The number of nitrogens with one attached hydrogen (secondary N) is 2. The van der Waals surface area contributed by atoms with Crippen LogP contribution < -0.4 is 10.1 Å². The van der Waals surface area contributed by atoms with Crippen molar-refractivity contribution in [2.24, 2.45) is 0 Å². The molecule has 0 spiro atoms. The van der Waals surface area contributed by atoms with Gasteiger partial charge in [0.05, 0.1) is 24.6 Å². The van der Waals surface area contributed by atoms with Gasteiger partial charge in [0, 0.05) is 12.3 Å². The zero-order valence-electron chi connectivity index (χ0n) is 14.6. The number of anilines is 1. The van der Waals surface area contributed by atoms with Gasteiger partial charge < -0.3 is 19.8 Å². The molecule has 1 saturated heterocycles. The Kier molecular flexibility index (Phi) is 4.58. The van der Waals surface area contributed by atoms with E-state index in [-0.39, 0.29) is 12.0 Å². The topological polar surface area (TPSA) is 76.2 Å². The van der Waals surface area contributed by atoms with E-state index in [2.05, 4.69) is 15.3 Å². The highest BCUT2D eigenvalue weighted by atomic mass is 16.5. The van der Waals surface area contributed by atoms with Crippen LogP contribution in [0.3, 0.4) is 0 Å². The number of hydrogen-bond acceptors (Lipinski definition) is 4. The summed E-state index contributed by atoms with van der Waals surface area (Å²) >= 11 is 0. The molecule has 1 amide bonds. The zero-order chi connectivity index (χ0) is 17.9. The first-order valence-corrected chi connectivity index (χ1v) is 8.75. The maximum absolute atomic E-state index is 12.3. The molecule has 1 aliphatic heterocycles. The molecule has 3 aromatic rings. The Morgan fingerprint density at radius 1 is 1.31 bits per heavy atom. The molecule has 1 fully saturated rings. The molecule has 0 unspecified atom stereocenters. The molecule has 1 atom stereocenters. The van der Waals surface area contributed by atoms with Crippen LogP contribution in [-0.4, -0.2) is 29.6 Å². The largest absolute Gasteiger partial charge is 0.497 e. The van der Waals surface area contributed by atoms with Gasteiger partial charge in [0.15, 0.2) is 0 Å². The highest BCUT2D eigenvalue weighted by Crippen LogP contribution is 2.28. The predicted molar refractivity (Wildman–Crippen MR) is 99.3 cm³/mol. The molecule has 6 nitrogen and oxygen atoms in total. The molecule has 26 heavy (non-hydrogen) atoms. The van der Waals surface area contributed by atoms with E-state index in [1.165, 1.54) is 0 Å². The predicted octanol–water partition coefficient (Wildman–Crippen LogP) is 3.60. The highest BCUT2D eigenvalue weighted by Gasteiger charge is 2.21. The molecule has 1 aromatic heterocycles. The number of carbonyl (C=O) groups is 1. The van der Waals surface area contributed by atoms with Crippen molar-refractivity contribution in [2.75, 3.05) is 19.0 Å². The number of H-pyrrole nitrogens is 1. The third kappa shape index (κ3) is 3.55. The fourth-order valence-corrected chi connectivity index (χ4v) is 3.19. The molecular weight excluding hydrogens is 330 g/mol. The molecule has 1 aliphatic rings. The van der Waals surface area contributed by atoms with Gasteiger partial charge in [-0.1, -0.05) is 12.1 Å². The first kappa shape index (κ1) is 16.6. The summed E-state index contributed by atoms with van der Waals surface area (Å²) in [5.41, 5.74) is 3.46. The minimum Gasteiger partial charge on any atom is -0.497 e. The van der Waals surface area contributed by atoms with Crippen LogP contribution in [0.1, 0.15) is 30.3 Å². The van der Waals surface area contributed by atoms with E-state index in [4.69, 9.17) is 9.47 Å². The van der Waals surface area contributed by atoms with Crippen molar-refractivity contribution < 1.29 is 14.3 Å². The number of amides is 1. The molecule has 6 heteroatoms. The maximum Gasteiger partial charge on any atom is 0.228 e. The Labute approximate surface area is 151 Å². The number of imidazole rings is 1. The lowest BCUT2D eigenvalue weighted by Crippen LogP contribution is -2.14. The van der Waals surface area contributed by atoms with Crippen LogP contribution in [0.25, 0.3) is 11.0 Å². The molecule has 0 aliphatic carbocycles. The van der Waals surface area contributed by atoms with Crippen LogP contribution >= 0.6 is 0 Å². The van der Waals surface area contributed by atoms with Gasteiger partial charge in [-0.3, -0.25) is 4.79 Å². The smallest absolute Gasteiger partial charge is 0.228 e. The number of aromatic nitrogens is 2. The Hall–Kier alpha value is -2.86. The Balaban J connectivity index is 1.44. The molecule has 2 N–H and O–H groups in total. The third-order valence-corrected chi connectivity index (χ3v) is 4.54. The van der Waals surface area contributed by atoms with Crippen molar-refractivity contribution in [1.82, 2.24) is 9.97 Å². The van der Waals surface area contributed by atoms with Gasteiger partial charge in [0.2, 0.25) is 5.91 Å². The average Bonchev–Trinajstić information content (AvgIpc) is 3.31. The second-order valence-corrected chi connectivity index (χ2v) is 6.43. The van der Waals surface area contributed by atoms with Crippen LogP contribution in [-0.2, 0) is 16.0 Å². The Bertz CT molecular complexity index is 912. The third-order valence-electron chi connectivity index (χ3n) is 4.54. The molecule has 2 aromatic carbocycles. The van der Waals surface area contributed by atoms with Crippen LogP contribution in [0.4, 0.5) is 5.69 Å². The number of aromatic amines is 1. The molecule has 4 rings (SSSR count). The van der Waals surface area contributed by atoms with E-state index in [0.29, 0.717) is 6.42 Å². The zero-order valence-corrected chi connectivity index (χ0v) is 14.6. The van der Waals surface area contributed by atoms with Gasteiger partial charge in [0.25, 0.3) is 0 Å². The number of ether oxygens (including phenoxy) is 2. The van der Waals surface area contributed by atoms with E-state index < -0.39 is 0 Å². The molecule has 0 radical (unpaired) electrons. The van der Waals surface area contributed by atoms with Crippen LogP contribution in [0.15, 0.2) is 42.5 Å². The van der Waals surface area contributed by atoms with Gasteiger partial charge in [-0.05, 0) is 48.7 Å². The number of methoxy groups -OCH3 is 1. The number of benzene rings is 2. The number of carbonyl (C=O) groups excluding carboxylic acids is 1. The summed E-state index contributed by atoms with van der Waals surface area (Å²) in [6, 6.07) is 13.2. The van der Waals surface area contributed by atoms with E-state index in [1.807, 2.05) is 42.5 Å². The summed E-state index contributed by atoms with van der Waals surface area (Å²) in [4.78, 5) is 20.2. The van der Waals surface area contributed by atoms with Gasteiger partial charge in [-0.15, -0.1) is 0 Å². The summed E-state index contributed by atoms with van der Waals surface area (Å²) in [6.45, 7) is 0.786. The fraction of sp³-hybridized carbons (Fsp3) is 0.300. The van der Waals surface area contributed by atoms with Crippen LogP contribution in [0.5, 0.6) is 5.75 Å². The van der Waals surface area contributed by atoms with Gasteiger partial charge >= 0.3 is 0 Å². The summed E-state index contributed by atoms with van der Waals surface area (Å²) in [7, 11) is 1.62. The first-order chi connectivity index (χ1) is 12.7. The van der Waals surface area contributed by atoms with Crippen LogP contribution in [0.2, 0.25) is 0 Å². The van der Waals surface area contributed by atoms with E-state index in [9.17, 15) is 4.79 Å². The SMILES string of the molecule is COc1ccc(CC(=O)Nc2ccc3nc([C@H]4CCCO4)[nH]c3c2)cc1. The average molecular weight is 351 g/mol. The number of rotatable bonds is 5. The molecule has 0 saturated carbocycles. The maximum atomic E-state index is 12.3. The normalized spacial score (nSPS) is 16.7. The van der Waals surface area contributed by atoms with Crippen molar-refractivity contribution in [3.63, 3.8) is 0 Å². The van der Waals surface area contributed by atoms with Gasteiger partial charge in [-0.25, -0.2) is 4.98 Å². The van der Waals surface area contributed by atoms with Crippen molar-refractivity contribution in [2.45, 2.75) is 25.4 Å². The standard InChI is InChI=1S/C20H21N3O3/c1-25-15-7-4-13(5-8-15)11-19(24)21-14-6-9-16-17(12-14)23-20(22-16)18-3-2-10-26-18/h4-9,12,18H,2-3,10-11H2,1H3,(H,21,24)(H,22,23)/t18-/m1/s1. The molecular formula is C20H21N3O3. The Morgan fingerprint density at radius 3 is 2.88 bits per heavy atom. The first-order valence-electron chi connectivity index (χ1n) is 8.75. The minimum atomic E-state index is -0.0617. The van der Waals surface area contributed by atoms with E-state index in [0.717, 1.165) is 53.3 Å². The molecule has 2 heterocycles. The highest BCUT2D eigenvalue weighted by molar-refractivity contribution is 5.94. The summed E-state index contributed by atoms with van der Waals surface area (Å²) < 4.78 is 10.8. The fourth-order valence-electron chi connectivity index (χ4n) is 3.19. The lowest BCUT2D eigenvalue weighted by molar-refractivity contribution is -0.115. The monoisotopic (exact) mass is 351 g/mol. The lowest BCUT2D eigenvalue weighted by Gasteiger charge is -2.06. The summed E-state index contributed by atoms with van der Waals surface area (Å²) in [6.07, 6.45) is 2.42. The quantitative estimate of drug-likeness (QED) is 0.736. The van der Waals surface area contributed by atoms with Crippen LogP contribution in [0, 0.1) is 0 Å². The number of nitrogens with zero attached hydrogens (tertiary/aromatic N) is 1. The second kappa shape index (κ2) is 7.17. The number of fused-ring (bicyclic) bond motifs is 1. The van der Waals surface area contributed by atoms with Gasteiger partial charge in [-0.2, -0.15) is 0 Å². The molecule has 0 bridgehead atoms. The summed E-state index contributed by atoms with van der Waals surface area (Å²) in [5, 5.41) is 2.94. The summed E-state index contributed by atoms with van der Waals surface area (Å²) in [5.74, 6) is 1.58. The van der Waals surface area contributed by atoms with Crippen molar-refractivity contribution in [1.29, 1.82) is 0 Å². The minimum absolute atomic E-state index is 0.0514. The Morgan fingerprint density at radius 2 is 2.15 bits per heavy atom.